The Labute approximate surface area is 164 Å². The van der Waals surface area contributed by atoms with Crippen molar-refractivity contribution in [2.24, 2.45) is 0 Å². The van der Waals surface area contributed by atoms with Gasteiger partial charge in [-0.15, -0.1) is 0 Å². The minimum absolute atomic E-state index is 0.173. The highest BCUT2D eigenvalue weighted by Gasteiger charge is 2.27. The molecule has 1 fully saturated rings. The highest BCUT2D eigenvalue weighted by molar-refractivity contribution is 6.28. The summed E-state index contributed by atoms with van der Waals surface area (Å²) in [6, 6.07) is 12.9. The number of benzene rings is 1. The average Bonchev–Trinajstić information content (AvgIpc) is 2.68. The van der Waals surface area contributed by atoms with Crippen LogP contribution in [0.4, 0.5) is 5.82 Å². The fraction of sp³-hybridized carbons (Fsp3) is 0.450. The van der Waals surface area contributed by atoms with Crippen molar-refractivity contribution in [2.45, 2.75) is 32.0 Å². The number of nitriles is 1. The van der Waals surface area contributed by atoms with Crippen molar-refractivity contribution >= 4 is 17.4 Å². The van der Waals surface area contributed by atoms with Crippen molar-refractivity contribution in [2.75, 3.05) is 31.1 Å². The Bertz CT molecular complexity index is 834. The zero-order chi connectivity index (χ0) is 18.6. The van der Waals surface area contributed by atoms with Crippen molar-refractivity contribution in [3.05, 3.63) is 52.4 Å². The number of fused-ring (bicyclic) bond motifs is 1. The van der Waals surface area contributed by atoms with E-state index in [1.165, 1.54) is 11.1 Å². The highest BCUT2D eigenvalue weighted by Crippen LogP contribution is 2.29. The van der Waals surface area contributed by atoms with Gasteiger partial charge in [-0.25, -0.2) is 9.97 Å². The Morgan fingerprint density at radius 3 is 2.89 bits per heavy atom. The summed E-state index contributed by atoms with van der Waals surface area (Å²) in [7, 11) is 0. The molecule has 1 saturated heterocycles. The van der Waals surface area contributed by atoms with E-state index in [0.717, 1.165) is 57.2 Å². The van der Waals surface area contributed by atoms with Gasteiger partial charge in [-0.2, -0.15) is 5.26 Å². The van der Waals surface area contributed by atoms with Crippen LogP contribution < -0.4 is 10.2 Å². The number of nitrogens with zero attached hydrogens (tertiary/aromatic N) is 5. The summed E-state index contributed by atoms with van der Waals surface area (Å²) in [5.41, 5.74) is 3.55. The van der Waals surface area contributed by atoms with Gasteiger partial charge >= 0.3 is 0 Å². The molecule has 6 nitrogen and oxygen atoms in total. The van der Waals surface area contributed by atoms with E-state index in [1.54, 1.807) is 0 Å². The molecule has 2 aliphatic rings. The fourth-order valence-corrected chi connectivity index (χ4v) is 4.12. The van der Waals surface area contributed by atoms with Gasteiger partial charge in [-0.1, -0.05) is 30.3 Å². The van der Waals surface area contributed by atoms with Crippen LogP contribution in [-0.4, -0.2) is 47.1 Å². The Balaban J connectivity index is 1.54. The number of nitrogens with one attached hydrogen (secondary N) is 1. The molecular weight excluding hydrogens is 360 g/mol. The molecule has 1 N–H and O–H groups in total. The van der Waals surface area contributed by atoms with Crippen molar-refractivity contribution in [3.63, 3.8) is 0 Å². The molecule has 0 spiro atoms. The van der Waals surface area contributed by atoms with Crippen molar-refractivity contribution in [3.8, 4) is 6.07 Å². The van der Waals surface area contributed by atoms with Crippen LogP contribution in [0.3, 0.4) is 0 Å². The number of hydrogen-bond acceptors (Lipinski definition) is 6. The molecule has 0 radical (unpaired) electrons. The van der Waals surface area contributed by atoms with E-state index >= 15 is 0 Å². The van der Waals surface area contributed by atoms with Crippen molar-refractivity contribution in [1.29, 1.82) is 5.26 Å². The van der Waals surface area contributed by atoms with Gasteiger partial charge in [0.2, 0.25) is 5.28 Å². The Kier molecular flexibility index (Phi) is 5.53. The number of hydrogen-bond donors (Lipinski definition) is 1. The van der Waals surface area contributed by atoms with Gasteiger partial charge in [0.05, 0.1) is 18.2 Å². The van der Waals surface area contributed by atoms with Crippen LogP contribution >= 0.6 is 11.6 Å². The second-order valence-electron chi connectivity index (χ2n) is 7.15. The lowest BCUT2D eigenvalue weighted by atomic mass is 10.0. The maximum atomic E-state index is 9.00. The minimum Gasteiger partial charge on any atom is -0.353 e. The number of halogens is 1. The van der Waals surface area contributed by atoms with Crippen LogP contribution in [0, 0.1) is 11.3 Å². The van der Waals surface area contributed by atoms with Crippen LogP contribution in [0.5, 0.6) is 0 Å². The lowest BCUT2D eigenvalue weighted by Gasteiger charge is -2.36. The van der Waals surface area contributed by atoms with Gasteiger partial charge in [-0.05, 0) is 23.6 Å². The first-order valence-electron chi connectivity index (χ1n) is 9.40. The monoisotopic (exact) mass is 382 g/mol. The summed E-state index contributed by atoms with van der Waals surface area (Å²) < 4.78 is 0. The summed E-state index contributed by atoms with van der Waals surface area (Å²) in [5, 5.41) is 12.7. The maximum Gasteiger partial charge on any atom is 0.224 e. The van der Waals surface area contributed by atoms with E-state index in [4.69, 9.17) is 16.9 Å². The lowest BCUT2D eigenvalue weighted by molar-refractivity contribution is 0.241. The van der Waals surface area contributed by atoms with Crippen LogP contribution in [0.1, 0.15) is 23.2 Å². The van der Waals surface area contributed by atoms with E-state index in [9.17, 15) is 0 Å². The topological polar surface area (TPSA) is 68.1 Å². The molecule has 4 rings (SSSR count). The number of rotatable bonds is 4. The van der Waals surface area contributed by atoms with E-state index in [2.05, 4.69) is 55.4 Å². The Morgan fingerprint density at radius 1 is 1.22 bits per heavy atom. The molecular formula is C20H23ClN6. The number of piperazine rings is 1. The van der Waals surface area contributed by atoms with Crippen molar-refractivity contribution < 1.29 is 0 Å². The molecule has 0 unspecified atom stereocenters. The van der Waals surface area contributed by atoms with Gasteiger partial charge < -0.3 is 10.2 Å². The SMILES string of the molecule is N#CC[C@H]1CN(c2nc(Cl)nc3c2CCN(Cc2ccccc2)C3)CCN1. The predicted octanol–water partition coefficient (Wildman–Crippen LogP) is 2.38. The Hall–Kier alpha value is -2.20. The summed E-state index contributed by atoms with van der Waals surface area (Å²) in [6.45, 7) is 5.18. The second kappa shape index (κ2) is 8.22. The van der Waals surface area contributed by atoms with Gasteiger partial charge in [0, 0.05) is 50.9 Å². The molecule has 1 aromatic heterocycles. The quantitative estimate of drug-likeness (QED) is 0.819. The smallest absolute Gasteiger partial charge is 0.224 e. The molecule has 2 aromatic rings. The molecule has 0 amide bonds. The van der Waals surface area contributed by atoms with Crippen molar-refractivity contribution in [1.82, 2.24) is 20.2 Å². The summed E-state index contributed by atoms with van der Waals surface area (Å²) in [6.07, 6.45) is 1.42. The summed E-state index contributed by atoms with van der Waals surface area (Å²) >= 11 is 6.27. The molecule has 3 heterocycles. The molecule has 0 bridgehead atoms. The first kappa shape index (κ1) is 18.2. The normalized spacial score (nSPS) is 20.1. The molecule has 0 saturated carbocycles. The summed E-state index contributed by atoms with van der Waals surface area (Å²) in [5.74, 6) is 0.953. The van der Waals surface area contributed by atoms with E-state index in [-0.39, 0.29) is 6.04 Å². The van der Waals surface area contributed by atoms with E-state index in [0.29, 0.717) is 11.7 Å². The van der Waals surface area contributed by atoms with E-state index in [1.807, 2.05) is 6.07 Å². The Morgan fingerprint density at radius 2 is 2.07 bits per heavy atom. The minimum atomic E-state index is 0.173. The van der Waals surface area contributed by atoms with E-state index < -0.39 is 0 Å². The maximum absolute atomic E-state index is 9.00. The second-order valence-corrected chi connectivity index (χ2v) is 7.49. The molecule has 140 valence electrons. The fourth-order valence-electron chi connectivity index (χ4n) is 3.94. The van der Waals surface area contributed by atoms with Crippen LogP contribution in [0.2, 0.25) is 5.28 Å². The third-order valence-electron chi connectivity index (χ3n) is 5.24. The average molecular weight is 383 g/mol. The predicted molar refractivity (Wildman–Crippen MR) is 106 cm³/mol. The third kappa shape index (κ3) is 4.22. The van der Waals surface area contributed by atoms with Crippen LogP contribution in [-0.2, 0) is 19.5 Å². The molecule has 27 heavy (non-hydrogen) atoms. The van der Waals surface area contributed by atoms with Gasteiger partial charge in [0.15, 0.2) is 0 Å². The molecule has 1 aromatic carbocycles. The van der Waals surface area contributed by atoms with Gasteiger partial charge in [0.1, 0.15) is 5.82 Å². The molecule has 1 atom stereocenters. The molecule has 0 aliphatic carbocycles. The van der Waals surface area contributed by atoms with Gasteiger partial charge in [0.25, 0.3) is 0 Å². The molecule has 2 aliphatic heterocycles. The first-order chi connectivity index (χ1) is 13.2. The zero-order valence-electron chi connectivity index (χ0n) is 15.2. The summed E-state index contributed by atoms with van der Waals surface area (Å²) in [4.78, 5) is 13.8. The van der Waals surface area contributed by atoms with Crippen LogP contribution in [0.15, 0.2) is 30.3 Å². The standard InChI is InChI=1S/C20H23ClN6/c21-20-24-18-14-26(12-15-4-2-1-3-5-15)10-7-17(18)19(25-20)27-11-9-23-16(13-27)6-8-22/h1-5,16,23H,6-7,9-14H2/t16-/m0/s1. The third-order valence-corrected chi connectivity index (χ3v) is 5.41. The number of aromatic nitrogens is 2. The van der Waals surface area contributed by atoms with Gasteiger partial charge in [-0.3, -0.25) is 4.90 Å². The zero-order valence-corrected chi connectivity index (χ0v) is 16.0. The number of anilines is 1. The lowest BCUT2D eigenvalue weighted by Crippen LogP contribution is -2.51. The molecule has 7 heteroatoms. The van der Waals surface area contributed by atoms with Crippen LogP contribution in [0.25, 0.3) is 0 Å². The highest BCUT2D eigenvalue weighted by atomic mass is 35.5. The largest absolute Gasteiger partial charge is 0.353 e. The first-order valence-corrected chi connectivity index (χ1v) is 9.77.